The summed E-state index contributed by atoms with van der Waals surface area (Å²) in [4.78, 5) is 12.0. The van der Waals surface area contributed by atoms with Crippen LogP contribution in [0.15, 0.2) is 40.8 Å². The molecular weight excluding hydrogens is 328 g/mol. The third-order valence-electron chi connectivity index (χ3n) is 3.28. The lowest BCUT2D eigenvalue weighted by Gasteiger charge is -2.13. The zero-order chi connectivity index (χ0) is 17.7. The van der Waals surface area contributed by atoms with Crippen LogP contribution in [0.1, 0.15) is 41.3 Å². The molecule has 0 aliphatic heterocycles. The van der Waals surface area contributed by atoms with Crippen LogP contribution in [0.4, 0.5) is 0 Å². The van der Waals surface area contributed by atoms with E-state index in [9.17, 15) is 13.2 Å². The number of carbonyl (C=O) groups is 1. The quantitative estimate of drug-likeness (QED) is 0.802. The Morgan fingerprint density at radius 2 is 1.79 bits per heavy atom. The topological polar surface area (TPSA) is 88.4 Å². The van der Waals surface area contributed by atoms with Gasteiger partial charge in [-0.25, -0.2) is 13.1 Å². The Kier molecular flexibility index (Phi) is 5.80. The minimum atomic E-state index is -3.43. The highest BCUT2D eigenvalue weighted by molar-refractivity contribution is 7.88. The molecule has 0 aliphatic carbocycles. The molecule has 2 rings (SSSR count). The standard InChI is InChI=1S/C17H22N2O4S/c1-12(2)19-24(21,22)11-15-7-5-4-6-14(15)10-18-17(20)16-9-8-13(3)23-16/h4-9,12,19H,10-11H2,1-3H3,(H,18,20). The van der Waals surface area contributed by atoms with Crippen molar-refractivity contribution in [2.24, 2.45) is 0 Å². The summed E-state index contributed by atoms with van der Waals surface area (Å²) in [6.07, 6.45) is 0. The molecule has 0 spiro atoms. The van der Waals surface area contributed by atoms with E-state index in [0.29, 0.717) is 11.3 Å². The Balaban J connectivity index is 2.07. The lowest BCUT2D eigenvalue weighted by Crippen LogP contribution is -2.31. The van der Waals surface area contributed by atoms with Crippen molar-refractivity contribution in [2.45, 2.75) is 39.1 Å². The monoisotopic (exact) mass is 350 g/mol. The van der Waals surface area contributed by atoms with Gasteiger partial charge in [0.1, 0.15) is 5.76 Å². The average Bonchev–Trinajstić information content (AvgIpc) is 2.91. The second kappa shape index (κ2) is 7.63. The summed E-state index contributed by atoms with van der Waals surface area (Å²) < 4.78 is 32.1. The summed E-state index contributed by atoms with van der Waals surface area (Å²) in [7, 11) is -3.43. The summed E-state index contributed by atoms with van der Waals surface area (Å²) in [5.74, 6) is 0.434. The van der Waals surface area contributed by atoms with Crippen LogP contribution in [-0.4, -0.2) is 20.4 Å². The summed E-state index contributed by atoms with van der Waals surface area (Å²) in [6.45, 7) is 5.54. The van der Waals surface area contributed by atoms with Gasteiger partial charge in [0.05, 0.1) is 5.75 Å². The van der Waals surface area contributed by atoms with Crippen LogP contribution in [0.5, 0.6) is 0 Å². The Morgan fingerprint density at radius 1 is 1.12 bits per heavy atom. The number of hydrogen-bond donors (Lipinski definition) is 2. The summed E-state index contributed by atoms with van der Waals surface area (Å²) in [6, 6.07) is 10.3. The van der Waals surface area contributed by atoms with Crippen LogP contribution in [-0.2, 0) is 22.3 Å². The number of carbonyl (C=O) groups excluding carboxylic acids is 1. The number of furan rings is 1. The molecule has 0 fully saturated rings. The Hall–Kier alpha value is -2.12. The molecule has 6 nitrogen and oxygen atoms in total. The number of rotatable bonds is 7. The number of amides is 1. The van der Waals surface area contributed by atoms with Crippen molar-refractivity contribution in [3.63, 3.8) is 0 Å². The van der Waals surface area contributed by atoms with Crippen LogP contribution in [0.25, 0.3) is 0 Å². The van der Waals surface area contributed by atoms with Crippen LogP contribution in [0.3, 0.4) is 0 Å². The second-order valence-corrected chi connectivity index (χ2v) is 7.65. The van der Waals surface area contributed by atoms with Crippen molar-refractivity contribution in [1.29, 1.82) is 0 Å². The molecule has 0 saturated carbocycles. The fourth-order valence-electron chi connectivity index (χ4n) is 2.30. The van der Waals surface area contributed by atoms with Crippen molar-refractivity contribution >= 4 is 15.9 Å². The first kappa shape index (κ1) is 18.2. The van der Waals surface area contributed by atoms with Crippen molar-refractivity contribution in [2.75, 3.05) is 0 Å². The fraction of sp³-hybridized carbons (Fsp3) is 0.353. The van der Waals surface area contributed by atoms with Gasteiger partial charge in [0.2, 0.25) is 10.0 Å². The number of hydrogen-bond acceptors (Lipinski definition) is 4. The lowest BCUT2D eigenvalue weighted by atomic mass is 10.1. The minimum absolute atomic E-state index is 0.128. The molecule has 130 valence electrons. The van der Waals surface area contributed by atoms with Gasteiger partial charge in [-0.1, -0.05) is 24.3 Å². The van der Waals surface area contributed by atoms with Crippen LogP contribution < -0.4 is 10.0 Å². The van der Waals surface area contributed by atoms with E-state index in [0.717, 1.165) is 5.56 Å². The van der Waals surface area contributed by atoms with Gasteiger partial charge in [0, 0.05) is 12.6 Å². The molecule has 1 aromatic carbocycles. The van der Waals surface area contributed by atoms with E-state index < -0.39 is 10.0 Å². The van der Waals surface area contributed by atoms with E-state index in [1.54, 1.807) is 51.1 Å². The molecule has 1 amide bonds. The average molecular weight is 350 g/mol. The maximum Gasteiger partial charge on any atom is 0.287 e. The maximum absolute atomic E-state index is 12.1. The molecule has 0 bridgehead atoms. The zero-order valence-electron chi connectivity index (χ0n) is 14.0. The van der Waals surface area contributed by atoms with Gasteiger partial charge in [0.25, 0.3) is 5.91 Å². The minimum Gasteiger partial charge on any atom is -0.456 e. The van der Waals surface area contributed by atoms with Crippen LogP contribution >= 0.6 is 0 Å². The van der Waals surface area contributed by atoms with Gasteiger partial charge in [-0.2, -0.15) is 0 Å². The maximum atomic E-state index is 12.1. The number of aryl methyl sites for hydroxylation is 1. The van der Waals surface area contributed by atoms with E-state index in [1.165, 1.54) is 0 Å². The third kappa shape index (κ3) is 5.21. The molecule has 24 heavy (non-hydrogen) atoms. The van der Waals surface area contributed by atoms with Gasteiger partial charge in [-0.15, -0.1) is 0 Å². The molecular formula is C17H22N2O4S. The normalized spacial score (nSPS) is 11.7. The largest absolute Gasteiger partial charge is 0.456 e. The first-order valence-corrected chi connectivity index (χ1v) is 9.33. The van der Waals surface area contributed by atoms with Gasteiger partial charge < -0.3 is 9.73 Å². The first-order valence-electron chi connectivity index (χ1n) is 7.68. The molecule has 0 unspecified atom stereocenters. The molecule has 0 saturated heterocycles. The molecule has 0 aliphatic rings. The van der Waals surface area contributed by atoms with Crippen LogP contribution in [0.2, 0.25) is 0 Å². The lowest BCUT2D eigenvalue weighted by molar-refractivity contribution is 0.0922. The van der Waals surface area contributed by atoms with Gasteiger partial charge in [-0.05, 0) is 44.0 Å². The predicted octanol–water partition coefficient (Wildman–Crippen LogP) is 2.35. The number of nitrogens with one attached hydrogen (secondary N) is 2. The number of sulfonamides is 1. The Bertz CT molecular complexity index is 810. The third-order valence-corrected chi connectivity index (χ3v) is 4.80. The molecule has 0 radical (unpaired) electrons. The number of benzene rings is 1. The fourth-order valence-corrected chi connectivity index (χ4v) is 3.79. The molecule has 2 N–H and O–H groups in total. The molecule has 0 atom stereocenters. The van der Waals surface area contributed by atoms with E-state index >= 15 is 0 Å². The summed E-state index contributed by atoms with van der Waals surface area (Å²) >= 11 is 0. The van der Waals surface area contributed by atoms with Gasteiger partial charge in [-0.3, -0.25) is 4.79 Å². The van der Waals surface area contributed by atoms with E-state index in [4.69, 9.17) is 4.42 Å². The van der Waals surface area contributed by atoms with Gasteiger partial charge in [0.15, 0.2) is 5.76 Å². The van der Waals surface area contributed by atoms with Gasteiger partial charge >= 0.3 is 0 Å². The Labute approximate surface area is 142 Å². The smallest absolute Gasteiger partial charge is 0.287 e. The highest BCUT2D eigenvalue weighted by Gasteiger charge is 2.16. The van der Waals surface area contributed by atoms with Crippen molar-refractivity contribution in [3.05, 3.63) is 59.0 Å². The SMILES string of the molecule is Cc1ccc(C(=O)NCc2ccccc2CS(=O)(=O)NC(C)C)o1. The van der Waals surface area contributed by atoms with Crippen LogP contribution in [0, 0.1) is 6.92 Å². The van der Waals surface area contributed by atoms with Crippen molar-refractivity contribution < 1.29 is 17.6 Å². The van der Waals surface area contributed by atoms with E-state index in [-0.39, 0.29) is 30.0 Å². The Morgan fingerprint density at radius 3 is 2.38 bits per heavy atom. The molecule has 1 heterocycles. The van der Waals surface area contributed by atoms with E-state index in [2.05, 4.69) is 10.0 Å². The highest BCUT2D eigenvalue weighted by Crippen LogP contribution is 2.13. The first-order chi connectivity index (χ1) is 11.3. The molecule has 1 aromatic heterocycles. The van der Waals surface area contributed by atoms with Crippen molar-refractivity contribution in [1.82, 2.24) is 10.0 Å². The van der Waals surface area contributed by atoms with Crippen molar-refractivity contribution in [3.8, 4) is 0 Å². The molecule has 7 heteroatoms. The summed E-state index contributed by atoms with van der Waals surface area (Å²) in [5.41, 5.74) is 1.41. The molecule has 2 aromatic rings. The predicted molar refractivity (Wildman–Crippen MR) is 92.0 cm³/mol. The second-order valence-electron chi connectivity index (χ2n) is 5.89. The summed E-state index contributed by atoms with van der Waals surface area (Å²) in [5, 5.41) is 2.75. The van der Waals surface area contributed by atoms with E-state index in [1.807, 2.05) is 6.07 Å². The zero-order valence-corrected chi connectivity index (χ0v) is 14.8. The highest BCUT2D eigenvalue weighted by atomic mass is 32.2.